The summed E-state index contributed by atoms with van der Waals surface area (Å²) in [5.74, 6) is 0.885. The fraction of sp³-hybridized carbons (Fsp3) is 0. The van der Waals surface area contributed by atoms with Gasteiger partial charge in [0.2, 0.25) is 0 Å². The van der Waals surface area contributed by atoms with Gasteiger partial charge in [0.15, 0.2) is 11.9 Å². The summed E-state index contributed by atoms with van der Waals surface area (Å²) < 4.78 is 6.37. The number of aromatic nitrogens is 1. The minimum absolute atomic E-state index is 0.202. The van der Waals surface area contributed by atoms with Crippen LogP contribution in [-0.2, 0) is 0 Å². The Morgan fingerprint density at radius 3 is 2.65 bits per heavy atom. The van der Waals surface area contributed by atoms with Gasteiger partial charge in [-0.25, -0.2) is 0 Å². The summed E-state index contributed by atoms with van der Waals surface area (Å²) in [5, 5.41) is 10.4. The lowest BCUT2D eigenvalue weighted by molar-refractivity contribution is -0.389. The molecule has 0 aliphatic rings. The normalized spacial score (nSPS) is 9.94. The molecule has 0 saturated carbocycles. The molecule has 2 aromatic rings. The van der Waals surface area contributed by atoms with Crippen molar-refractivity contribution in [3.05, 3.63) is 57.2 Å². The zero-order valence-electron chi connectivity index (χ0n) is 8.54. The summed E-state index contributed by atoms with van der Waals surface area (Å²) >= 11 is 3.32. The van der Waals surface area contributed by atoms with Crippen LogP contribution in [0.1, 0.15) is 0 Å². The molecule has 0 bridgehead atoms. The number of rotatable bonds is 3. The number of ether oxygens (including phenoxy) is 1. The molecule has 1 aromatic heterocycles. The van der Waals surface area contributed by atoms with Crippen molar-refractivity contribution >= 4 is 21.7 Å². The Kier molecular flexibility index (Phi) is 3.34. The summed E-state index contributed by atoms with van der Waals surface area (Å²) in [6, 6.07) is 10.1. The second-order valence-corrected chi connectivity index (χ2v) is 4.08. The molecule has 1 heterocycles. The average molecular weight is 295 g/mol. The Morgan fingerprint density at radius 2 is 2.06 bits per heavy atom. The van der Waals surface area contributed by atoms with Crippen LogP contribution in [0, 0.1) is 10.1 Å². The van der Waals surface area contributed by atoms with Gasteiger partial charge in [0.05, 0.1) is 0 Å². The molecule has 0 aliphatic heterocycles. The molecule has 5 nitrogen and oxygen atoms in total. The van der Waals surface area contributed by atoms with Crippen molar-refractivity contribution in [2.45, 2.75) is 0 Å². The van der Waals surface area contributed by atoms with E-state index in [1.807, 2.05) is 12.1 Å². The van der Waals surface area contributed by atoms with Crippen molar-refractivity contribution in [3.8, 4) is 11.5 Å². The Labute approximate surface area is 105 Å². The number of nitrogens with zero attached hydrogens (tertiary/aromatic N) is 2. The molecule has 86 valence electrons. The van der Waals surface area contributed by atoms with E-state index in [1.165, 1.54) is 18.3 Å². The number of hydrogen-bond donors (Lipinski definition) is 0. The summed E-state index contributed by atoms with van der Waals surface area (Å²) in [4.78, 5) is 13.5. The highest BCUT2D eigenvalue weighted by molar-refractivity contribution is 9.10. The molecule has 0 radical (unpaired) electrons. The van der Waals surface area contributed by atoms with Gasteiger partial charge in [0, 0.05) is 10.5 Å². The highest BCUT2D eigenvalue weighted by Crippen LogP contribution is 2.24. The Bertz CT molecular complexity index is 543. The first-order valence-corrected chi connectivity index (χ1v) is 5.48. The summed E-state index contributed by atoms with van der Waals surface area (Å²) in [6.45, 7) is 0. The van der Waals surface area contributed by atoms with E-state index in [0.717, 1.165) is 4.47 Å². The quantitative estimate of drug-likeness (QED) is 0.641. The lowest BCUT2D eigenvalue weighted by atomic mass is 10.3. The van der Waals surface area contributed by atoms with Gasteiger partial charge in [0.25, 0.3) is 0 Å². The van der Waals surface area contributed by atoms with Gasteiger partial charge in [-0.05, 0) is 34.2 Å². The molecule has 0 atom stereocenters. The number of benzene rings is 1. The highest BCUT2D eigenvalue weighted by Gasteiger charge is 2.07. The van der Waals surface area contributed by atoms with Crippen LogP contribution < -0.4 is 4.74 Å². The van der Waals surface area contributed by atoms with Gasteiger partial charge in [0.1, 0.15) is 5.75 Å². The number of halogens is 1. The Morgan fingerprint density at radius 1 is 1.24 bits per heavy atom. The molecule has 0 amide bonds. The molecule has 2 rings (SSSR count). The predicted molar refractivity (Wildman–Crippen MR) is 65.1 cm³/mol. The predicted octanol–water partition coefficient (Wildman–Crippen LogP) is 3.54. The molecule has 0 spiro atoms. The standard InChI is InChI=1S/C11H7BrN2O3/c12-8-2-1-3-9(6-8)17-10-4-5-11(13-7-10)14(15)16/h1-7H. The van der Waals surface area contributed by atoms with E-state index >= 15 is 0 Å². The smallest absolute Gasteiger partial charge is 0.363 e. The van der Waals surface area contributed by atoms with Gasteiger partial charge in [-0.15, -0.1) is 0 Å². The highest BCUT2D eigenvalue weighted by atomic mass is 79.9. The lowest BCUT2D eigenvalue weighted by Crippen LogP contribution is -1.92. The minimum atomic E-state index is -0.553. The van der Waals surface area contributed by atoms with Gasteiger partial charge in [-0.3, -0.25) is 0 Å². The van der Waals surface area contributed by atoms with E-state index in [0.29, 0.717) is 11.5 Å². The van der Waals surface area contributed by atoms with Crippen LogP contribution in [-0.4, -0.2) is 9.91 Å². The monoisotopic (exact) mass is 294 g/mol. The SMILES string of the molecule is O=[N+]([O-])c1ccc(Oc2cccc(Br)c2)cn1. The molecular weight excluding hydrogens is 288 g/mol. The van der Waals surface area contributed by atoms with Crippen LogP contribution in [0.2, 0.25) is 0 Å². The largest absolute Gasteiger partial charge is 0.453 e. The number of hydrogen-bond acceptors (Lipinski definition) is 4. The summed E-state index contributed by atoms with van der Waals surface area (Å²) in [5.41, 5.74) is 0. The fourth-order valence-electron chi connectivity index (χ4n) is 1.21. The lowest BCUT2D eigenvalue weighted by Gasteiger charge is -2.03. The first kappa shape index (κ1) is 11.5. The second kappa shape index (κ2) is 4.92. The maximum Gasteiger partial charge on any atom is 0.363 e. The molecule has 0 aliphatic carbocycles. The van der Waals surface area contributed by atoms with Crippen molar-refractivity contribution in [1.82, 2.24) is 4.98 Å². The molecule has 17 heavy (non-hydrogen) atoms. The second-order valence-electron chi connectivity index (χ2n) is 3.17. The maximum atomic E-state index is 10.4. The zero-order valence-corrected chi connectivity index (χ0v) is 10.1. The van der Waals surface area contributed by atoms with Crippen LogP contribution >= 0.6 is 15.9 Å². The molecule has 0 saturated heterocycles. The topological polar surface area (TPSA) is 65.3 Å². The molecule has 1 aromatic carbocycles. The van der Waals surface area contributed by atoms with Crippen LogP contribution in [0.3, 0.4) is 0 Å². The van der Waals surface area contributed by atoms with Crippen LogP contribution in [0.15, 0.2) is 47.1 Å². The molecular formula is C11H7BrN2O3. The van der Waals surface area contributed by atoms with Crippen molar-refractivity contribution in [3.63, 3.8) is 0 Å². The van der Waals surface area contributed by atoms with Crippen LogP contribution in [0.25, 0.3) is 0 Å². The zero-order chi connectivity index (χ0) is 12.3. The van der Waals surface area contributed by atoms with Crippen molar-refractivity contribution in [2.24, 2.45) is 0 Å². The van der Waals surface area contributed by atoms with Gasteiger partial charge >= 0.3 is 5.82 Å². The van der Waals surface area contributed by atoms with Gasteiger partial charge in [-0.2, -0.15) is 0 Å². The fourth-order valence-corrected chi connectivity index (χ4v) is 1.59. The van der Waals surface area contributed by atoms with E-state index in [4.69, 9.17) is 4.74 Å². The van der Waals surface area contributed by atoms with E-state index < -0.39 is 4.92 Å². The van der Waals surface area contributed by atoms with Crippen molar-refractivity contribution in [2.75, 3.05) is 0 Å². The van der Waals surface area contributed by atoms with E-state index in [1.54, 1.807) is 12.1 Å². The Hall–Kier alpha value is -1.95. The maximum absolute atomic E-state index is 10.4. The van der Waals surface area contributed by atoms with Crippen molar-refractivity contribution in [1.29, 1.82) is 0 Å². The molecule has 0 fully saturated rings. The van der Waals surface area contributed by atoms with E-state index in [2.05, 4.69) is 20.9 Å². The van der Waals surface area contributed by atoms with Crippen molar-refractivity contribution < 1.29 is 9.66 Å². The molecule has 6 heteroatoms. The Balaban J connectivity index is 2.16. The van der Waals surface area contributed by atoms with E-state index in [9.17, 15) is 10.1 Å². The third-order valence-electron chi connectivity index (χ3n) is 1.94. The summed E-state index contributed by atoms with van der Waals surface area (Å²) in [6.07, 6.45) is 1.32. The third kappa shape index (κ3) is 3.01. The van der Waals surface area contributed by atoms with Gasteiger partial charge < -0.3 is 14.9 Å². The number of pyridine rings is 1. The third-order valence-corrected chi connectivity index (χ3v) is 2.43. The minimum Gasteiger partial charge on any atom is -0.453 e. The average Bonchev–Trinajstić information content (AvgIpc) is 2.29. The van der Waals surface area contributed by atoms with Gasteiger partial charge in [-0.1, -0.05) is 22.0 Å². The molecule has 0 unspecified atom stereocenters. The van der Waals surface area contributed by atoms with Crippen LogP contribution in [0.5, 0.6) is 11.5 Å². The first-order chi connectivity index (χ1) is 8.15. The number of nitro groups is 1. The first-order valence-electron chi connectivity index (χ1n) is 4.69. The summed E-state index contributed by atoms with van der Waals surface area (Å²) in [7, 11) is 0. The molecule has 0 N–H and O–H groups in total. The van der Waals surface area contributed by atoms with E-state index in [-0.39, 0.29) is 5.82 Å². The van der Waals surface area contributed by atoms with Crippen LogP contribution in [0.4, 0.5) is 5.82 Å².